The minimum absolute atomic E-state index is 0.0502. The van der Waals surface area contributed by atoms with Crippen molar-refractivity contribution < 1.29 is 9.59 Å². The Labute approximate surface area is 119 Å². The number of imidazole rings is 1. The van der Waals surface area contributed by atoms with Gasteiger partial charge in [0.1, 0.15) is 0 Å². The lowest BCUT2D eigenvalue weighted by Crippen LogP contribution is -2.38. The van der Waals surface area contributed by atoms with Crippen molar-refractivity contribution in [3.8, 4) is 0 Å². The summed E-state index contributed by atoms with van der Waals surface area (Å²) in [6.07, 6.45) is 8.56. The van der Waals surface area contributed by atoms with Gasteiger partial charge in [0.2, 0.25) is 11.8 Å². The van der Waals surface area contributed by atoms with Gasteiger partial charge in [-0.25, -0.2) is 4.98 Å². The molecule has 1 fully saturated rings. The third-order valence-corrected chi connectivity index (χ3v) is 3.59. The van der Waals surface area contributed by atoms with Crippen molar-refractivity contribution in [2.24, 2.45) is 0 Å². The molecule has 1 aromatic heterocycles. The van der Waals surface area contributed by atoms with Crippen LogP contribution in [0.4, 0.5) is 0 Å². The van der Waals surface area contributed by atoms with Crippen molar-refractivity contribution in [2.45, 2.75) is 38.6 Å². The topological polar surface area (TPSA) is 67.2 Å². The maximum absolute atomic E-state index is 12.4. The van der Waals surface area contributed by atoms with Crippen LogP contribution in [0, 0.1) is 0 Å². The molecule has 1 aliphatic heterocycles. The first-order chi connectivity index (χ1) is 9.70. The third-order valence-electron chi connectivity index (χ3n) is 3.59. The molecule has 1 aliphatic rings. The SMILES string of the molecule is CCCC(CC(=O)N1CCCNC(=O)C1)n1ccnc1. The number of hydrogen-bond acceptors (Lipinski definition) is 3. The van der Waals surface area contributed by atoms with Gasteiger partial charge in [0.15, 0.2) is 0 Å². The predicted octanol–water partition coefficient (Wildman–Crippen LogP) is 0.963. The minimum Gasteiger partial charge on any atom is -0.354 e. The van der Waals surface area contributed by atoms with E-state index in [1.807, 2.05) is 10.8 Å². The van der Waals surface area contributed by atoms with Crippen molar-refractivity contribution in [1.82, 2.24) is 19.8 Å². The summed E-state index contributed by atoms with van der Waals surface area (Å²) in [6, 6.07) is 0.126. The lowest BCUT2D eigenvalue weighted by Gasteiger charge is -2.23. The van der Waals surface area contributed by atoms with Gasteiger partial charge in [-0.2, -0.15) is 0 Å². The highest BCUT2D eigenvalue weighted by Gasteiger charge is 2.23. The van der Waals surface area contributed by atoms with E-state index in [1.54, 1.807) is 17.4 Å². The summed E-state index contributed by atoms with van der Waals surface area (Å²) in [4.78, 5) is 29.6. The second-order valence-corrected chi connectivity index (χ2v) is 5.18. The summed E-state index contributed by atoms with van der Waals surface area (Å²) in [6.45, 7) is 3.60. The van der Waals surface area contributed by atoms with Crippen LogP contribution in [0.25, 0.3) is 0 Å². The van der Waals surface area contributed by atoms with Gasteiger partial charge in [-0.05, 0) is 12.8 Å². The van der Waals surface area contributed by atoms with Crippen molar-refractivity contribution in [3.63, 3.8) is 0 Å². The van der Waals surface area contributed by atoms with Crippen molar-refractivity contribution >= 4 is 11.8 Å². The van der Waals surface area contributed by atoms with E-state index in [1.165, 1.54) is 0 Å². The molecule has 1 aromatic rings. The Morgan fingerprint density at radius 3 is 3.10 bits per heavy atom. The van der Waals surface area contributed by atoms with Gasteiger partial charge in [0.05, 0.1) is 12.9 Å². The number of aromatic nitrogens is 2. The van der Waals surface area contributed by atoms with Crippen LogP contribution in [0.3, 0.4) is 0 Å². The fourth-order valence-corrected chi connectivity index (χ4v) is 2.52. The maximum atomic E-state index is 12.4. The van der Waals surface area contributed by atoms with E-state index < -0.39 is 0 Å². The highest BCUT2D eigenvalue weighted by atomic mass is 16.2. The Morgan fingerprint density at radius 1 is 1.55 bits per heavy atom. The van der Waals surface area contributed by atoms with E-state index in [9.17, 15) is 9.59 Å². The van der Waals surface area contributed by atoms with Crippen LogP contribution >= 0.6 is 0 Å². The molecule has 0 bridgehead atoms. The van der Waals surface area contributed by atoms with Gasteiger partial charge in [0.25, 0.3) is 0 Å². The summed E-state index contributed by atoms with van der Waals surface area (Å²) in [7, 11) is 0. The molecule has 0 spiro atoms. The molecule has 6 nitrogen and oxygen atoms in total. The van der Waals surface area contributed by atoms with Gasteiger partial charge in [-0.3, -0.25) is 9.59 Å². The summed E-state index contributed by atoms with van der Waals surface area (Å²) in [5.41, 5.74) is 0. The van der Waals surface area contributed by atoms with Crippen LogP contribution in [0.5, 0.6) is 0 Å². The molecule has 2 amide bonds. The quantitative estimate of drug-likeness (QED) is 0.872. The number of carbonyl (C=O) groups excluding carboxylic acids is 2. The number of carbonyl (C=O) groups is 2. The Bertz CT molecular complexity index is 444. The first kappa shape index (κ1) is 14.6. The third kappa shape index (κ3) is 3.82. The zero-order valence-corrected chi connectivity index (χ0v) is 11.9. The Kier molecular flexibility index (Phi) is 5.15. The monoisotopic (exact) mass is 278 g/mol. The van der Waals surface area contributed by atoms with E-state index in [0.29, 0.717) is 19.5 Å². The molecule has 2 rings (SSSR count). The maximum Gasteiger partial charge on any atom is 0.239 e. The van der Waals surface area contributed by atoms with Crippen LogP contribution < -0.4 is 5.32 Å². The van der Waals surface area contributed by atoms with Gasteiger partial charge in [-0.1, -0.05) is 13.3 Å². The molecular formula is C14H22N4O2. The lowest BCUT2D eigenvalue weighted by atomic mass is 10.1. The lowest BCUT2D eigenvalue weighted by molar-refractivity contribution is -0.135. The largest absolute Gasteiger partial charge is 0.354 e. The summed E-state index contributed by atoms with van der Waals surface area (Å²) >= 11 is 0. The van der Waals surface area contributed by atoms with Crippen LogP contribution in [0.2, 0.25) is 0 Å². The number of nitrogens with zero attached hydrogens (tertiary/aromatic N) is 3. The Balaban J connectivity index is 1.98. The fourth-order valence-electron chi connectivity index (χ4n) is 2.52. The minimum atomic E-state index is -0.0643. The van der Waals surface area contributed by atoms with Crippen LogP contribution in [0.1, 0.15) is 38.6 Å². The Morgan fingerprint density at radius 2 is 2.40 bits per heavy atom. The average Bonchev–Trinajstić information content (AvgIpc) is 2.87. The first-order valence-corrected chi connectivity index (χ1v) is 7.22. The van der Waals surface area contributed by atoms with Crippen molar-refractivity contribution in [1.29, 1.82) is 0 Å². The van der Waals surface area contributed by atoms with Gasteiger partial charge < -0.3 is 14.8 Å². The first-order valence-electron chi connectivity index (χ1n) is 7.22. The standard InChI is InChI=1S/C14H22N4O2/c1-2-4-12(18-8-6-15-11-18)9-14(20)17-7-3-5-16-13(19)10-17/h6,8,11-12H,2-5,7,9-10H2,1H3,(H,16,19). The van der Waals surface area contributed by atoms with E-state index in [2.05, 4.69) is 17.2 Å². The van der Waals surface area contributed by atoms with Crippen LogP contribution in [0.15, 0.2) is 18.7 Å². The summed E-state index contributed by atoms with van der Waals surface area (Å²) in [5.74, 6) is -0.0141. The van der Waals surface area contributed by atoms with E-state index in [4.69, 9.17) is 0 Å². The van der Waals surface area contributed by atoms with Crippen LogP contribution in [-0.2, 0) is 9.59 Å². The van der Waals surface area contributed by atoms with Gasteiger partial charge >= 0.3 is 0 Å². The fraction of sp³-hybridized carbons (Fsp3) is 0.643. The van der Waals surface area contributed by atoms with Crippen LogP contribution in [-0.4, -0.2) is 45.9 Å². The van der Waals surface area contributed by atoms with E-state index in [-0.39, 0.29) is 24.4 Å². The Hall–Kier alpha value is -1.85. The molecule has 0 radical (unpaired) electrons. The molecule has 2 heterocycles. The molecule has 110 valence electrons. The second-order valence-electron chi connectivity index (χ2n) is 5.18. The molecule has 20 heavy (non-hydrogen) atoms. The normalized spacial score (nSPS) is 17.4. The zero-order chi connectivity index (χ0) is 14.4. The molecule has 1 atom stereocenters. The van der Waals surface area contributed by atoms with E-state index >= 15 is 0 Å². The number of nitrogens with one attached hydrogen (secondary N) is 1. The molecule has 1 unspecified atom stereocenters. The molecule has 0 aliphatic carbocycles. The summed E-state index contributed by atoms with van der Waals surface area (Å²) < 4.78 is 1.99. The molecular weight excluding hydrogens is 256 g/mol. The molecule has 1 saturated heterocycles. The van der Waals surface area contributed by atoms with Gasteiger partial charge in [0, 0.05) is 37.9 Å². The molecule has 1 N–H and O–H groups in total. The van der Waals surface area contributed by atoms with Gasteiger partial charge in [-0.15, -0.1) is 0 Å². The second kappa shape index (κ2) is 7.07. The molecule has 0 saturated carbocycles. The highest BCUT2D eigenvalue weighted by molar-refractivity contribution is 5.85. The highest BCUT2D eigenvalue weighted by Crippen LogP contribution is 2.19. The predicted molar refractivity (Wildman–Crippen MR) is 75.0 cm³/mol. The number of hydrogen-bond donors (Lipinski definition) is 1. The molecule has 0 aromatic carbocycles. The number of rotatable bonds is 5. The van der Waals surface area contributed by atoms with E-state index in [0.717, 1.165) is 19.3 Å². The average molecular weight is 278 g/mol. The number of amides is 2. The zero-order valence-electron chi connectivity index (χ0n) is 11.9. The smallest absolute Gasteiger partial charge is 0.239 e. The molecule has 6 heteroatoms. The van der Waals surface area contributed by atoms with Crippen molar-refractivity contribution in [3.05, 3.63) is 18.7 Å². The van der Waals surface area contributed by atoms with Crippen molar-refractivity contribution in [2.75, 3.05) is 19.6 Å². The summed E-state index contributed by atoms with van der Waals surface area (Å²) in [5, 5.41) is 2.79.